The molecule has 2 N–H and O–H groups in total. The van der Waals surface area contributed by atoms with E-state index >= 15 is 0 Å². The number of aliphatic hydroxyl groups excluding tert-OH is 1. The number of rotatable bonds is 1. The van der Waals surface area contributed by atoms with Gasteiger partial charge in [0, 0.05) is 25.7 Å². The summed E-state index contributed by atoms with van der Waals surface area (Å²) in [5, 5.41) is 13.5. The number of hydrogen-bond donors (Lipinski definition) is 2. The third kappa shape index (κ3) is 2.30. The average Bonchev–Trinajstić information content (AvgIpc) is 2.51. The summed E-state index contributed by atoms with van der Waals surface area (Å²) in [6.07, 6.45) is 11.9. The summed E-state index contributed by atoms with van der Waals surface area (Å²) in [6, 6.07) is 0.664. The van der Waals surface area contributed by atoms with Crippen LogP contribution in [0.5, 0.6) is 0 Å². The molecule has 0 aromatic rings. The molecule has 0 bridgehead atoms. The Hall–Kier alpha value is -0.610. The van der Waals surface area contributed by atoms with Gasteiger partial charge in [-0.3, -0.25) is 9.69 Å². The van der Waals surface area contributed by atoms with Gasteiger partial charge in [-0.1, -0.05) is 19.3 Å². The minimum atomic E-state index is -0.522. The lowest BCUT2D eigenvalue weighted by atomic mass is 9.57. The van der Waals surface area contributed by atoms with Gasteiger partial charge in [0.05, 0.1) is 11.5 Å². The molecule has 4 aliphatic rings. The van der Waals surface area contributed by atoms with Crippen molar-refractivity contribution >= 4 is 5.91 Å². The zero-order chi connectivity index (χ0) is 15.2. The van der Waals surface area contributed by atoms with E-state index in [0.29, 0.717) is 11.5 Å². The predicted molar refractivity (Wildman–Crippen MR) is 85.4 cm³/mol. The molecule has 124 valence electrons. The van der Waals surface area contributed by atoms with E-state index in [9.17, 15) is 9.90 Å². The second-order valence-electron chi connectivity index (χ2n) is 8.41. The van der Waals surface area contributed by atoms with Gasteiger partial charge in [-0.05, 0) is 50.4 Å². The van der Waals surface area contributed by atoms with Gasteiger partial charge in [-0.15, -0.1) is 0 Å². The fourth-order valence-electron chi connectivity index (χ4n) is 5.70. The fourth-order valence-corrected chi connectivity index (χ4v) is 5.70. The first-order valence-corrected chi connectivity index (χ1v) is 9.34. The first kappa shape index (κ1) is 14.9. The molecule has 2 spiro atoms. The molecule has 1 unspecified atom stereocenters. The summed E-state index contributed by atoms with van der Waals surface area (Å²) < 4.78 is 0. The number of amides is 1. The minimum Gasteiger partial charge on any atom is -0.392 e. The van der Waals surface area contributed by atoms with Crippen molar-refractivity contribution in [2.75, 3.05) is 19.6 Å². The van der Waals surface area contributed by atoms with Crippen LogP contribution >= 0.6 is 0 Å². The Morgan fingerprint density at radius 3 is 2.59 bits per heavy atom. The Morgan fingerprint density at radius 1 is 1.09 bits per heavy atom. The SMILES string of the molecule is O=C1NCCC[C@]12CN(C1CC3(CCCCC3)C1)CCC2O. The molecule has 4 heteroatoms. The van der Waals surface area contributed by atoms with Gasteiger partial charge in [-0.25, -0.2) is 0 Å². The molecule has 2 saturated carbocycles. The van der Waals surface area contributed by atoms with E-state index in [1.807, 2.05) is 0 Å². The van der Waals surface area contributed by atoms with E-state index in [1.54, 1.807) is 0 Å². The van der Waals surface area contributed by atoms with Crippen molar-refractivity contribution in [3.8, 4) is 0 Å². The topological polar surface area (TPSA) is 52.6 Å². The standard InChI is InChI=1S/C18H30N2O2/c21-15-5-10-20(13-18(15)8-4-9-19-16(18)22)14-11-17(12-14)6-2-1-3-7-17/h14-15,21H,1-13H2,(H,19,22)/t15?,18-/m1/s1. The van der Waals surface area contributed by atoms with Crippen LogP contribution in [0.1, 0.15) is 64.2 Å². The Labute approximate surface area is 133 Å². The predicted octanol–water partition coefficient (Wildman–Crippen LogP) is 2.06. The van der Waals surface area contributed by atoms with Crippen molar-refractivity contribution in [2.45, 2.75) is 76.4 Å². The molecule has 22 heavy (non-hydrogen) atoms. The van der Waals surface area contributed by atoms with Gasteiger partial charge in [0.1, 0.15) is 0 Å². The highest BCUT2D eigenvalue weighted by Crippen LogP contribution is 2.54. The van der Waals surface area contributed by atoms with Gasteiger partial charge >= 0.3 is 0 Å². The number of aliphatic hydroxyl groups is 1. The third-order valence-corrected chi connectivity index (χ3v) is 7.12. The van der Waals surface area contributed by atoms with E-state index < -0.39 is 11.5 Å². The van der Waals surface area contributed by atoms with E-state index in [2.05, 4.69) is 10.2 Å². The summed E-state index contributed by atoms with van der Waals surface area (Å²) >= 11 is 0. The van der Waals surface area contributed by atoms with E-state index in [-0.39, 0.29) is 5.91 Å². The van der Waals surface area contributed by atoms with Gasteiger partial charge in [-0.2, -0.15) is 0 Å². The molecule has 0 aromatic heterocycles. The Balaban J connectivity index is 1.43. The van der Waals surface area contributed by atoms with Crippen LogP contribution in [-0.4, -0.2) is 47.7 Å². The summed E-state index contributed by atoms with van der Waals surface area (Å²) in [5.41, 5.74) is 0.118. The van der Waals surface area contributed by atoms with Crippen molar-refractivity contribution in [3.05, 3.63) is 0 Å². The number of carbonyl (C=O) groups is 1. The maximum absolute atomic E-state index is 12.5. The van der Waals surface area contributed by atoms with Gasteiger partial charge in [0.2, 0.25) is 5.91 Å². The number of nitrogens with zero attached hydrogens (tertiary/aromatic N) is 1. The molecule has 2 saturated heterocycles. The average molecular weight is 306 g/mol. The van der Waals surface area contributed by atoms with Crippen LogP contribution < -0.4 is 5.32 Å². The van der Waals surface area contributed by atoms with Crippen LogP contribution in [0.15, 0.2) is 0 Å². The van der Waals surface area contributed by atoms with Crippen LogP contribution in [0.2, 0.25) is 0 Å². The molecule has 0 radical (unpaired) electrons. The van der Waals surface area contributed by atoms with Crippen LogP contribution in [0, 0.1) is 10.8 Å². The molecule has 4 fully saturated rings. The number of piperidine rings is 2. The van der Waals surface area contributed by atoms with E-state index in [4.69, 9.17) is 0 Å². The first-order valence-electron chi connectivity index (χ1n) is 9.34. The quantitative estimate of drug-likeness (QED) is 0.780. The molecule has 2 atom stereocenters. The highest BCUT2D eigenvalue weighted by atomic mass is 16.3. The lowest BCUT2D eigenvalue weighted by Gasteiger charge is -2.57. The normalized spacial score (nSPS) is 39.7. The van der Waals surface area contributed by atoms with E-state index in [1.165, 1.54) is 44.9 Å². The van der Waals surface area contributed by atoms with Crippen LogP contribution in [0.3, 0.4) is 0 Å². The second-order valence-corrected chi connectivity index (χ2v) is 8.41. The molecular weight excluding hydrogens is 276 g/mol. The number of hydrogen-bond acceptors (Lipinski definition) is 3. The molecule has 2 aliphatic carbocycles. The summed E-state index contributed by atoms with van der Waals surface area (Å²) in [7, 11) is 0. The maximum atomic E-state index is 12.5. The smallest absolute Gasteiger partial charge is 0.230 e. The Kier molecular flexibility index (Phi) is 3.73. The molecule has 0 aromatic carbocycles. The van der Waals surface area contributed by atoms with Crippen molar-refractivity contribution < 1.29 is 9.90 Å². The summed E-state index contributed by atoms with van der Waals surface area (Å²) in [5.74, 6) is 0.0997. The van der Waals surface area contributed by atoms with Crippen molar-refractivity contribution in [1.82, 2.24) is 10.2 Å². The number of likely N-dealkylation sites (tertiary alicyclic amines) is 1. The summed E-state index contributed by atoms with van der Waals surface area (Å²) in [6.45, 7) is 2.53. The largest absolute Gasteiger partial charge is 0.392 e. The number of nitrogens with one attached hydrogen (secondary N) is 1. The van der Waals surface area contributed by atoms with Crippen molar-refractivity contribution in [3.63, 3.8) is 0 Å². The third-order valence-electron chi connectivity index (χ3n) is 7.12. The van der Waals surface area contributed by atoms with Gasteiger partial charge < -0.3 is 10.4 Å². The Morgan fingerprint density at radius 2 is 1.86 bits per heavy atom. The van der Waals surface area contributed by atoms with Crippen molar-refractivity contribution in [1.29, 1.82) is 0 Å². The Bertz CT molecular complexity index is 438. The van der Waals surface area contributed by atoms with Crippen molar-refractivity contribution in [2.24, 2.45) is 10.8 Å². The first-order chi connectivity index (χ1) is 10.6. The van der Waals surface area contributed by atoms with Crippen LogP contribution in [-0.2, 0) is 4.79 Å². The number of carbonyl (C=O) groups excluding carboxylic acids is 1. The lowest BCUT2D eigenvalue weighted by Crippen LogP contribution is -2.64. The molecule has 4 rings (SSSR count). The monoisotopic (exact) mass is 306 g/mol. The second kappa shape index (κ2) is 5.48. The molecule has 1 amide bonds. The van der Waals surface area contributed by atoms with Crippen LogP contribution in [0.25, 0.3) is 0 Å². The maximum Gasteiger partial charge on any atom is 0.230 e. The van der Waals surface area contributed by atoms with Crippen LogP contribution in [0.4, 0.5) is 0 Å². The minimum absolute atomic E-state index is 0.0997. The highest BCUT2D eigenvalue weighted by Gasteiger charge is 2.54. The zero-order valence-corrected chi connectivity index (χ0v) is 13.6. The highest BCUT2D eigenvalue weighted by molar-refractivity contribution is 5.84. The molecule has 2 heterocycles. The zero-order valence-electron chi connectivity index (χ0n) is 13.6. The lowest BCUT2D eigenvalue weighted by molar-refractivity contribution is -0.155. The fraction of sp³-hybridized carbons (Fsp3) is 0.944. The van der Waals surface area contributed by atoms with Gasteiger partial charge in [0.25, 0.3) is 0 Å². The summed E-state index contributed by atoms with van der Waals surface area (Å²) in [4.78, 5) is 15.0. The van der Waals surface area contributed by atoms with E-state index in [0.717, 1.165) is 38.9 Å². The molecular formula is C18H30N2O2. The molecule has 2 aliphatic heterocycles. The van der Waals surface area contributed by atoms with Gasteiger partial charge in [0.15, 0.2) is 0 Å². The molecule has 4 nitrogen and oxygen atoms in total.